The highest BCUT2D eigenvalue weighted by Crippen LogP contribution is 2.33. The summed E-state index contributed by atoms with van der Waals surface area (Å²) in [5.41, 5.74) is 3.21. The Labute approximate surface area is 224 Å². The third-order valence-electron chi connectivity index (χ3n) is 6.10. The molecule has 1 aromatic heterocycles. The Bertz CT molecular complexity index is 1460. The van der Waals surface area contributed by atoms with E-state index >= 15 is 0 Å². The average molecular weight is 533 g/mol. The number of hydrogen-bond donors (Lipinski definition) is 2. The van der Waals surface area contributed by atoms with Crippen LogP contribution in [0.3, 0.4) is 0 Å². The summed E-state index contributed by atoms with van der Waals surface area (Å²) in [4.78, 5) is 31.5. The monoisotopic (exact) mass is 532 g/mol. The molecule has 0 aliphatic carbocycles. The zero-order valence-corrected chi connectivity index (χ0v) is 21.4. The Morgan fingerprint density at radius 1 is 0.897 bits per heavy atom. The predicted octanol–water partition coefficient (Wildman–Crippen LogP) is 6.66. The highest BCUT2D eigenvalue weighted by Gasteiger charge is 2.30. The van der Waals surface area contributed by atoms with E-state index in [4.69, 9.17) is 0 Å². The largest absolute Gasteiger partial charge is 0.416 e. The van der Waals surface area contributed by atoms with Crippen molar-refractivity contribution in [3.05, 3.63) is 108 Å². The Balaban J connectivity index is 1.55. The van der Waals surface area contributed by atoms with E-state index in [9.17, 15) is 22.8 Å². The minimum Gasteiger partial charge on any atom is -0.373 e. The second-order valence-corrected chi connectivity index (χ2v) is 8.98. The van der Waals surface area contributed by atoms with Gasteiger partial charge in [-0.1, -0.05) is 36.4 Å². The van der Waals surface area contributed by atoms with Gasteiger partial charge in [0.15, 0.2) is 0 Å². The number of carbonyl (C=O) groups is 2. The molecule has 0 bridgehead atoms. The van der Waals surface area contributed by atoms with Crippen molar-refractivity contribution in [2.45, 2.75) is 19.5 Å². The Hall–Kier alpha value is -4.66. The molecular weight excluding hydrogens is 505 g/mol. The molecule has 3 aromatic carbocycles. The summed E-state index contributed by atoms with van der Waals surface area (Å²) in [7, 11) is 1.90. The molecule has 2 N–H and O–H groups in total. The molecule has 0 fully saturated rings. The molecular formula is C30H27F3N4O2. The number of likely N-dealkylation sites (N-methyl/N-ethyl adjacent to an activating group) is 1. The first-order chi connectivity index (χ1) is 18.6. The summed E-state index contributed by atoms with van der Waals surface area (Å²) in [6, 6.07) is 22.3. The van der Waals surface area contributed by atoms with Crippen LogP contribution in [0.5, 0.6) is 0 Å². The molecule has 0 radical (unpaired) electrons. The van der Waals surface area contributed by atoms with Gasteiger partial charge in [-0.25, -0.2) is 0 Å². The number of carbonyl (C=O) groups excluding carboxylic acids is 2. The molecule has 0 saturated heterocycles. The minimum atomic E-state index is -4.44. The van der Waals surface area contributed by atoms with E-state index in [1.165, 1.54) is 19.1 Å². The lowest BCUT2D eigenvalue weighted by Gasteiger charge is -2.23. The number of amides is 2. The lowest BCUT2D eigenvalue weighted by Crippen LogP contribution is -2.23. The second kappa shape index (κ2) is 11.8. The van der Waals surface area contributed by atoms with E-state index in [0.29, 0.717) is 41.0 Å². The molecule has 1 heterocycles. The zero-order valence-electron chi connectivity index (χ0n) is 21.4. The van der Waals surface area contributed by atoms with Crippen molar-refractivity contribution < 1.29 is 22.8 Å². The molecule has 0 saturated carbocycles. The molecule has 0 spiro atoms. The van der Waals surface area contributed by atoms with E-state index in [1.807, 2.05) is 30.1 Å². The maximum atomic E-state index is 13.3. The topological polar surface area (TPSA) is 74.3 Å². The molecule has 2 amide bonds. The van der Waals surface area contributed by atoms with Gasteiger partial charge in [-0.3, -0.25) is 14.6 Å². The Kier molecular flexibility index (Phi) is 8.29. The first kappa shape index (κ1) is 27.4. The van der Waals surface area contributed by atoms with Crippen LogP contribution in [0, 0.1) is 0 Å². The standard InChI is InChI=1S/C30H27F3N4O2/c1-20(38)35-27-19-24(14-15-28(27)37(2)18-16-23-7-5-6-17-34-23)36-29(39)26-9-4-3-8-25(26)21-10-12-22(13-11-21)30(31,32)33/h3-15,17,19H,16,18H2,1-2H3,(H,35,38)(H,36,39). The molecule has 6 nitrogen and oxygen atoms in total. The number of alkyl halides is 3. The summed E-state index contributed by atoms with van der Waals surface area (Å²) in [6.45, 7) is 2.05. The van der Waals surface area contributed by atoms with Crippen LogP contribution in [0.25, 0.3) is 11.1 Å². The van der Waals surface area contributed by atoms with Gasteiger partial charge in [0.05, 0.1) is 16.9 Å². The van der Waals surface area contributed by atoms with Crippen LogP contribution in [0.2, 0.25) is 0 Å². The Morgan fingerprint density at radius 2 is 1.62 bits per heavy atom. The van der Waals surface area contributed by atoms with Gasteiger partial charge in [-0.2, -0.15) is 13.2 Å². The molecule has 39 heavy (non-hydrogen) atoms. The van der Waals surface area contributed by atoms with E-state index in [2.05, 4.69) is 15.6 Å². The molecule has 0 aliphatic rings. The number of benzene rings is 3. The number of hydrogen-bond acceptors (Lipinski definition) is 4. The lowest BCUT2D eigenvalue weighted by molar-refractivity contribution is -0.137. The van der Waals surface area contributed by atoms with Crippen LogP contribution in [0.1, 0.15) is 28.5 Å². The normalized spacial score (nSPS) is 11.1. The number of halogens is 3. The molecule has 9 heteroatoms. The summed E-state index contributed by atoms with van der Waals surface area (Å²) >= 11 is 0. The van der Waals surface area contributed by atoms with Gasteiger partial charge in [0.25, 0.3) is 5.91 Å². The van der Waals surface area contributed by atoms with Crippen molar-refractivity contribution in [1.29, 1.82) is 0 Å². The van der Waals surface area contributed by atoms with Crippen molar-refractivity contribution >= 4 is 28.9 Å². The molecule has 4 aromatic rings. The second-order valence-electron chi connectivity index (χ2n) is 8.98. The first-order valence-electron chi connectivity index (χ1n) is 12.2. The molecule has 0 aliphatic heterocycles. The first-order valence-corrected chi connectivity index (χ1v) is 12.2. The van der Waals surface area contributed by atoms with Gasteiger partial charge in [-0.15, -0.1) is 0 Å². The number of aromatic nitrogens is 1. The lowest BCUT2D eigenvalue weighted by atomic mass is 9.98. The summed E-state index contributed by atoms with van der Waals surface area (Å²) in [5.74, 6) is -0.693. The predicted molar refractivity (Wildman–Crippen MR) is 147 cm³/mol. The van der Waals surface area contributed by atoms with Crippen LogP contribution in [-0.4, -0.2) is 30.4 Å². The van der Waals surface area contributed by atoms with Crippen molar-refractivity contribution in [2.24, 2.45) is 0 Å². The number of nitrogens with zero attached hydrogens (tertiary/aromatic N) is 2. The van der Waals surface area contributed by atoms with Crippen LogP contribution in [0.15, 0.2) is 91.1 Å². The van der Waals surface area contributed by atoms with Gasteiger partial charge in [0.1, 0.15) is 0 Å². The number of nitrogens with one attached hydrogen (secondary N) is 2. The van der Waals surface area contributed by atoms with E-state index in [0.717, 1.165) is 23.5 Å². The van der Waals surface area contributed by atoms with Gasteiger partial charge in [0.2, 0.25) is 5.91 Å². The highest BCUT2D eigenvalue weighted by molar-refractivity contribution is 6.09. The smallest absolute Gasteiger partial charge is 0.373 e. The van der Waals surface area contributed by atoms with Crippen LogP contribution >= 0.6 is 0 Å². The van der Waals surface area contributed by atoms with Crippen molar-refractivity contribution in [3.63, 3.8) is 0 Å². The zero-order chi connectivity index (χ0) is 28.0. The maximum absolute atomic E-state index is 13.3. The van der Waals surface area contributed by atoms with E-state index in [1.54, 1.807) is 48.7 Å². The fourth-order valence-corrected chi connectivity index (χ4v) is 4.16. The van der Waals surface area contributed by atoms with E-state index < -0.39 is 17.6 Å². The summed E-state index contributed by atoms with van der Waals surface area (Å²) < 4.78 is 39.0. The van der Waals surface area contributed by atoms with Gasteiger partial charge in [-0.05, 0) is 59.7 Å². The van der Waals surface area contributed by atoms with Gasteiger partial charge in [0, 0.05) is 50.1 Å². The quantitative estimate of drug-likeness (QED) is 0.266. The van der Waals surface area contributed by atoms with Crippen LogP contribution in [-0.2, 0) is 17.4 Å². The Morgan fingerprint density at radius 3 is 2.28 bits per heavy atom. The van der Waals surface area contributed by atoms with Gasteiger partial charge >= 0.3 is 6.18 Å². The fourth-order valence-electron chi connectivity index (χ4n) is 4.16. The van der Waals surface area contributed by atoms with Crippen molar-refractivity contribution in [1.82, 2.24) is 4.98 Å². The molecule has 200 valence electrons. The average Bonchev–Trinajstić information content (AvgIpc) is 2.92. The van der Waals surface area contributed by atoms with E-state index in [-0.39, 0.29) is 5.91 Å². The highest BCUT2D eigenvalue weighted by atomic mass is 19.4. The number of anilines is 3. The maximum Gasteiger partial charge on any atom is 0.416 e. The van der Waals surface area contributed by atoms with Crippen LogP contribution < -0.4 is 15.5 Å². The van der Waals surface area contributed by atoms with Gasteiger partial charge < -0.3 is 15.5 Å². The number of rotatable bonds is 8. The summed E-state index contributed by atoms with van der Waals surface area (Å²) in [5, 5.41) is 5.66. The minimum absolute atomic E-state index is 0.259. The molecule has 0 atom stereocenters. The van der Waals surface area contributed by atoms with Crippen LogP contribution in [0.4, 0.5) is 30.2 Å². The van der Waals surface area contributed by atoms with Crippen molar-refractivity contribution in [2.75, 3.05) is 29.1 Å². The van der Waals surface area contributed by atoms with Crippen molar-refractivity contribution in [3.8, 4) is 11.1 Å². The third kappa shape index (κ3) is 7.01. The molecule has 0 unspecified atom stereocenters. The SMILES string of the molecule is CC(=O)Nc1cc(NC(=O)c2ccccc2-c2ccc(C(F)(F)F)cc2)ccc1N(C)CCc1ccccn1. The third-order valence-corrected chi connectivity index (χ3v) is 6.10. The number of pyridine rings is 1. The summed E-state index contributed by atoms with van der Waals surface area (Å²) in [6.07, 6.45) is -2.00. The fraction of sp³-hybridized carbons (Fsp3) is 0.167. The molecule has 4 rings (SSSR count).